The van der Waals surface area contributed by atoms with Crippen LogP contribution in [0.5, 0.6) is 0 Å². The highest BCUT2D eigenvalue weighted by Crippen LogP contribution is 2.24. The van der Waals surface area contributed by atoms with Gasteiger partial charge >= 0.3 is 0 Å². The quantitative estimate of drug-likeness (QED) is 0.751. The first-order valence-electron chi connectivity index (χ1n) is 6.49. The molecular formula is C15H18N4. The minimum Gasteiger partial charge on any atom is -0.348 e. The fraction of sp³-hybridized carbons (Fsp3) is 0.267. The first kappa shape index (κ1) is 12.0. The van der Waals surface area contributed by atoms with Gasteiger partial charge in [0.05, 0.1) is 6.54 Å². The average molecular weight is 254 g/mol. The van der Waals surface area contributed by atoms with Crippen LogP contribution in [-0.2, 0) is 20.1 Å². The molecule has 2 aromatic heterocycles. The van der Waals surface area contributed by atoms with E-state index in [2.05, 4.69) is 58.1 Å². The van der Waals surface area contributed by atoms with Crippen molar-refractivity contribution in [2.24, 2.45) is 7.05 Å². The molecule has 0 bridgehead atoms. The molecule has 3 rings (SSSR count). The second-order valence-electron chi connectivity index (χ2n) is 4.79. The Hall–Kier alpha value is -2.07. The van der Waals surface area contributed by atoms with E-state index in [1.807, 2.05) is 6.20 Å². The van der Waals surface area contributed by atoms with Gasteiger partial charge in [-0.15, -0.1) is 0 Å². The van der Waals surface area contributed by atoms with Gasteiger partial charge in [0, 0.05) is 42.6 Å². The Bertz CT molecular complexity index is 641. The topological polar surface area (TPSA) is 45.6 Å². The van der Waals surface area contributed by atoms with Crippen molar-refractivity contribution in [2.75, 3.05) is 0 Å². The summed E-state index contributed by atoms with van der Waals surface area (Å²) in [4.78, 5) is 7.31. The van der Waals surface area contributed by atoms with Gasteiger partial charge in [-0.1, -0.05) is 18.2 Å². The molecule has 0 spiro atoms. The lowest BCUT2D eigenvalue weighted by molar-refractivity contribution is 0.638. The number of benzene rings is 1. The van der Waals surface area contributed by atoms with Crippen LogP contribution >= 0.6 is 0 Å². The van der Waals surface area contributed by atoms with Gasteiger partial charge < -0.3 is 14.9 Å². The molecular weight excluding hydrogens is 236 g/mol. The molecule has 0 fully saturated rings. The Morgan fingerprint density at radius 2 is 2.11 bits per heavy atom. The monoisotopic (exact) mass is 254 g/mol. The lowest BCUT2D eigenvalue weighted by Crippen LogP contribution is -2.16. The van der Waals surface area contributed by atoms with Crippen LogP contribution in [0, 0.1) is 6.92 Å². The number of aromatic amines is 1. The van der Waals surface area contributed by atoms with Gasteiger partial charge in [-0.05, 0) is 18.6 Å². The highest BCUT2D eigenvalue weighted by Gasteiger charge is 2.10. The van der Waals surface area contributed by atoms with Gasteiger partial charge in [0.15, 0.2) is 0 Å². The average Bonchev–Trinajstić information content (AvgIpc) is 3.02. The van der Waals surface area contributed by atoms with E-state index in [-0.39, 0.29) is 0 Å². The third-order valence-corrected chi connectivity index (χ3v) is 3.65. The number of hydrogen-bond donors (Lipinski definition) is 2. The molecule has 0 atom stereocenters. The Morgan fingerprint density at radius 3 is 2.84 bits per heavy atom. The molecule has 19 heavy (non-hydrogen) atoms. The number of imidazole rings is 1. The van der Waals surface area contributed by atoms with E-state index in [0.29, 0.717) is 0 Å². The highest BCUT2D eigenvalue weighted by atomic mass is 15.0. The smallest absolute Gasteiger partial charge is 0.120 e. The van der Waals surface area contributed by atoms with Crippen molar-refractivity contribution in [2.45, 2.75) is 20.0 Å². The Morgan fingerprint density at radius 1 is 1.26 bits per heavy atom. The van der Waals surface area contributed by atoms with Crippen molar-refractivity contribution in [3.05, 3.63) is 53.7 Å². The third kappa shape index (κ3) is 2.15. The summed E-state index contributed by atoms with van der Waals surface area (Å²) < 4.78 is 2.26. The first-order valence-corrected chi connectivity index (χ1v) is 6.49. The second kappa shape index (κ2) is 4.90. The zero-order valence-corrected chi connectivity index (χ0v) is 11.3. The fourth-order valence-corrected chi connectivity index (χ4v) is 2.58. The lowest BCUT2D eigenvalue weighted by atomic mass is 10.1. The summed E-state index contributed by atoms with van der Waals surface area (Å²) >= 11 is 0. The van der Waals surface area contributed by atoms with E-state index in [1.165, 1.54) is 22.2 Å². The van der Waals surface area contributed by atoms with Gasteiger partial charge in [0.25, 0.3) is 0 Å². The molecule has 0 radical (unpaired) electrons. The van der Waals surface area contributed by atoms with E-state index in [9.17, 15) is 0 Å². The Kier molecular flexibility index (Phi) is 3.09. The van der Waals surface area contributed by atoms with Crippen molar-refractivity contribution in [3.8, 4) is 0 Å². The number of hydrogen-bond acceptors (Lipinski definition) is 2. The number of para-hydroxylation sites is 1. The number of nitrogens with one attached hydrogen (secondary N) is 2. The first-order chi connectivity index (χ1) is 9.27. The summed E-state index contributed by atoms with van der Waals surface area (Å²) in [6.45, 7) is 3.79. The summed E-state index contributed by atoms with van der Waals surface area (Å²) in [5.41, 5.74) is 3.97. The molecule has 0 unspecified atom stereocenters. The number of aryl methyl sites for hydroxylation is 2. The van der Waals surface area contributed by atoms with Gasteiger partial charge in [-0.3, -0.25) is 0 Å². The molecule has 1 aromatic carbocycles. The summed E-state index contributed by atoms with van der Waals surface area (Å²) in [6, 6.07) is 8.52. The van der Waals surface area contributed by atoms with Crippen LogP contribution in [-0.4, -0.2) is 14.5 Å². The molecule has 0 aliphatic carbocycles. The molecule has 0 saturated heterocycles. The van der Waals surface area contributed by atoms with Crippen molar-refractivity contribution in [1.29, 1.82) is 0 Å². The van der Waals surface area contributed by atoms with Crippen molar-refractivity contribution in [1.82, 2.24) is 19.9 Å². The summed E-state index contributed by atoms with van der Waals surface area (Å²) in [5, 5.41) is 4.77. The van der Waals surface area contributed by atoms with Crippen molar-refractivity contribution >= 4 is 10.9 Å². The van der Waals surface area contributed by atoms with Crippen LogP contribution in [0.25, 0.3) is 10.9 Å². The molecule has 0 amide bonds. The molecule has 98 valence electrons. The molecule has 0 saturated carbocycles. The summed E-state index contributed by atoms with van der Waals surface area (Å²) in [7, 11) is 2.12. The molecule has 2 N–H and O–H groups in total. The fourth-order valence-electron chi connectivity index (χ4n) is 2.58. The molecule has 4 heteroatoms. The van der Waals surface area contributed by atoms with Crippen LogP contribution in [0.4, 0.5) is 0 Å². The minimum absolute atomic E-state index is 0.758. The standard InChI is InChI=1S/C15H18N4/c1-11-12-5-3-4-6-13(12)19(2)14(11)9-16-10-15-17-7-8-18-15/h3-8,16H,9-10H2,1-2H3,(H,17,18). The number of aromatic nitrogens is 3. The van der Waals surface area contributed by atoms with Crippen LogP contribution < -0.4 is 5.32 Å². The predicted octanol–water partition coefficient (Wildman–Crippen LogP) is 2.50. The number of fused-ring (bicyclic) bond motifs is 1. The highest BCUT2D eigenvalue weighted by molar-refractivity contribution is 5.85. The largest absolute Gasteiger partial charge is 0.348 e. The zero-order chi connectivity index (χ0) is 13.2. The van der Waals surface area contributed by atoms with E-state index in [1.54, 1.807) is 6.20 Å². The maximum atomic E-state index is 4.21. The number of H-pyrrole nitrogens is 1. The lowest BCUT2D eigenvalue weighted by Gasteiger charge is -2.07. The normalized spacial score (nSPS) is 11.3. The van der Waals surface area contributed by atoms with Gasteiger partial charge in [-0.25, -0.2) is 4.98 Å². The van der Waals surface area contributed by atoms with Crippen molar-refractivity contribution < 1.29 is 0 Å². The third-order valence-electron chi connectivity index (χ3n) is 3.65. The van der Waals surface area contributed by atoms with E-state index < -0.39 is 0 Å². The van der Waals surface area contributed by atoms with E-state index in [0.717, 1.165) is 18.9 Å². The zero-order valence-electron chi connectivity index (χ0n) is 11.3. The van der Waals surface area contributed by atoms with Crippen molar-refractivity contribution in [3.63, 3.8) is 0 Å². The predicted molar refractivity (Wildman–Crippen MR) is 76.8 cm³/mol. The van der Waals surface area contributed by atoms with Crippen LogP contribution in [0.3, 0.4) is 0 Å². The van der Waals surface area contributed by atoms with Crippen LogP contribution in [0.2, 0.25) is 0 Å². The van der Waals surface area contributed by atoms with Gasteiger partial charge in [0.2, 0.25) is 0 Å². The van der Waals surface area contributed by atoms with Gasteiger partial charge in [0.1, 0.15) is 5.82 Å². The van der Waals surface area contributed by atoms with Crippen LogP contribution in [0.15, 0.2) is 36.7 Å². The minimum atomic E-state index is 0.758. The summed E-state index contributed by atoms with van der Waals surface area (Å²) in [5.74, 6) is 0.969. The molecule has 3 aromatic rings. The SMILES string of the molecule is Cc1c(CNCc2ncc[nH]2)n(C)c2ccccc12. The Balaban J connectivity index is 1.81. The Labute approximate surface area is 112 Å². The molecule has 4 nitrogen and oxygen atoms in total. The maximum absolute atomic E-state index is 4.21. The molecule has 0 aliphatic heterocycles. The van der Waals surface area contributed by atoms with E-state index in [4.69, 9.17) is 0 Å². The number of rotatable bonds is 4. The summed E-state index contributed by atoms with van der Waals surface area (Å²) in [6.07, 6.45) is 3.62. The number of nitrogens with zero attached hydrogens (tertiary/aromatic N) is 2. The van der Waals surface area contributed by atoms with E-state index >= 15 is 0 Å². The second-order valence-corrected chi connectivity index (χ2v) is 4.79. The van der Waals surface area contributed by atoms with Gasteiger partial charge in [-0.2, -0.15) is 0 Å². The van der Waals surface area contributed by atoms with Crippen LogP contribution in [0.1, 0.15) is 17.1 Å². The maximum Gasteiger partial charge on any atom is 0.120 e. The molecule has 2 heterocycles. The molecule has 0 aliphatic rings.